The molecule has 11 heteroatoms. The van der Waals surface area contributed by atoms with Gasteiger partial charge < -0.3 is 14.8 Å². The maximum atomic E-state index is 13.6. The van der Waals surface area contributed by atoms with Crippen molar-refractivity contribution >= 4 is 15.5 Å². The Bertz CT molecular complexity index is 1400. The molecule has 202 valence electrons. The van der Waals surface area contributed by atoms with Crippen LogP contribution < -0.4 is 10.3 Å². The monoisotopic (exact) mass is 531 g/mol. The number of nitrogens with zero attached hydrogens (tertiary/aromatic N) is 4. The lowest BCUT2D eigenvalue weighted by Crippen LogP contribution is -2.45. The highest BCUT2D eigenvalue weighted by atomic mass is 32.2. The van der Waals surface area contributed by atoms with Crippen molar-refractivity contribution in [1.82, 2.24) is 23.9 Å². The van der Waals surface area contributed by atoms with Gasteiger partial charge in [-0.05, 0) is 51.3 Å². The number of sulfonamides is 1. The summed E-state index contributed by atoms with van der Waals surface area (Å²) in [6, 6.07) is 4.15. The number of aromatic nitrogens is 4. The SMILES string of the molecule is CCCCCCc1nc(C)c2c(=O)[nH]c(-c3cc(S(=O)(=O)N4CCCCC4CO)ccc3OCC)nn12. The Morgan fingerprint density at radius 3 is 2.73 bits per heavy atom. The van der Waals surface area contributed by atoms with Crippen molar-refractivity contribution in [3.8, 4) is 17.1 Å². The largest absolute Gasteiger partial charge is 0.493 e. The van der Waals surface area contributed by atoms with Gasteiger partial charge in [-0.3, -0.25) is 4.79 Å². The predicted octanol–water partition coefficient (Wildman–Crippen LogP) is 3.45. The number of unbranched alkanes of at least 4 members (excludes halogenated alkanes) is 3. The van der Waals surface area contributed by atoms with Gasteiger partial charge in [-0.25, -0.2) is 17.9 Å². The standard InChI is InChI=1S/C26H37N5O5S/c1-4-6-7-8-12-23-27-18(3)24-26(33)28-25(29-31(23)24)21-16-20(13-14-22(21)36-5-2)37(34,35)30-15-10-9-11-19(30)17-32/h13-14,16,19,32H,4-12,15,17H2,1-3H3,(H,28,29,33). The minimum atomic E-state index is -3.88. The Balaban J connectivity index is 1.80. The number of ether oxygens (including phenoxy) is 1. The minimum Gasteiger partial charge on any atom is -0.493 e. The number of aromatic amines is 1. The fraction of sp³-hybridized carbons (Fsp3) is 0.577. The second kappa shape index (κ2) is 11.7. The fourth-order valence-corrected chi connectivity index (χ4v) is 6.68. The Morgan fingerprint density at radius 1 is 1.19 bits per heavy atom. The zero-order chi connectivity index (χ0) is 26.6. The van der Waals surface area contributed by atoms with Gasteiger partial charge in [0.25, 0.3) is 5.56 Å². The van der Waals surface area contributed by atoms with Crippen LogP contribution in [0.15, 0.2) is 27.9 Å². The third-order valence-electron chi connectivity index (χ3n) is 6.89. The zero-order valence-electron chi connectivity index (χ0n) is 21.9. The molecule has 0 radical (unpaired) electrons. The van der Waals surface area contributed by atoms with Crippen LogP contribution in [-0.4, -0.2) is 63.2 Å². The molecule has 4 rings (SSSR count). The van der Waals surface area contributed by atoms with Crippen LogP contribution in [0.5, 0.6) is 5.75 Å². The van der Waals surface area contributed by atoms with E-state index < -0.39 is 16.1 Å². The summed E-state index contributed by atoms with van der Waals surface area (Å²) in [5.41, 5.74) is 1.02. The zero-order valence-corrected chi connectivity index (χ0v) is 22.7. The van der Waals surface area contributed by atoms with Gasteiger partial charge in [0.05, 0.1) is 29.4 Å². The molecule has 2 N–H and O–H groups in total. The molecule has 0 aliphatic carbocycles. The molecular weight excluding hydrogens is 494 g/mol. The van der Waals surface area contributed by atoms with Crippen LogP contribution in [-0.2, 0) is 16.4 Å². The van der Waals surface area contributed by atoms with Gasteiger partial charge in [0.15, 0.2) is 11.3 Å². The number of rotatable bonds is 11. The topological polar surface area (TPSA) is 130 Å². The first-order valence-corrected chi connectivity index (χ1v) is 14.6. The number of benzene rings is 1. The van der Waals surface area contributed by atoms with Gasteiger partial charge in [0.2, 0.25) is 10.0 Å². The molecule has 0 bridgehead atoms. The summed E-state index contributed by atoms with van der Waals surface area (Å²) >= 11 is 0. The van der Waals surface area contributed by atoms with Crippen LogP contribution in [0.1, 0.15) is 70.3 Å². The molecule has 3 heterocycles. The predicted molar refractivity (Wildman–Crippen MR) is 141 cm³/mol. The number of H-pyrrole nitrogens is 1. The molecule has 1 unspecified atom stereocenters. The number of aliphatic hydroxyl groups is 1. The lowest BCUT2D eigenvalue weighted by Gasteiger charge is -2.33. The third kappa shape index (κ3) is 5.58. The van der Waals surface area contributed by atoms with Crippen LogP contribution in [0.25, 0.3) is 16.9 Å². The number of fused-ring (bicyclic) bond motifs is 1. The van der Waals surface area contributed by atoms with Crippen molar-refractivity contribution in [3.63, 3.8) is 0 Å². The first kappa shape index (κ1) is 27.3. The van der Waals surface area contributed by atoms with E-state index in [-0.39, 0.29) is 22.9 Å². The summed E-state index contributed by atoms with van der Waals surface area (Å²) in [6.45, 7) is 6.26. The molecule has 2 aromatic heterocycles. The van der Waals surface area contributed by atoms with Gasteiger partial charge in [-0.2, -0.15) is 4.31 Å². The highest BCUT2D eigenvalue weighted by Gasteiger charge is 2.33. The van der Waals surface area contributed by atoms with E-state index >= 15 is 0 Å². The summed E-state index contributed by atoms with van der Waals surface area (Å²) in [6.07, 6.45) is 7.19. The first-order valence-electron chi connectivity index (χ1n) is 13.2. The van der Waals surface area contributed by atoms with E-state index in [0.717, 1.165) is 38.5 Å². The normalized spacial score (nSPS) is 16.9. The number of hydrogen-bond acceptors (Lipinski definition) is 7. The van der Waals surface area contributed by atoms with E-state index in [4.69, 9.17) is 9.84 Å². The minimum absolute atomic E-state index is 0.0654. The van der Waals surface area contributed by atoms with Crippen LogP contribution in [0, 0.1) is 6.92 Å². The molecule has 1 aliphatic heterocycles. The average Bonchev–Trinajstić information content (AvgIpc) is 3.22. The van der Waals surface area contributed by atoms with E-state index in [0.29, 0.717) is 54.3 Å². The average molecular weight is 532 g/mol. The van der Waals surface area contributed by atoms with Crippen LogP contribution in [0.2, 0.25) is 0 Å². The molecule has 1 saturated heterocycles. The number of nitrogens with one attached hydrogen (secondary N) is 1. The molecule has 1 aromatic carbocycles. The van der Waals surface area contributed by atoms with Crippen molar-refractivity contribution < 1.29 is 18.3 Å². The Hall–Kier alpha value is -2.76. The van der Waals surface area contributed by atoms with Crippen molar-refractivity contribution in [2.24, 2.45) is 0 Å². The number of imidazole rings is 1. The lowest BCUT2D eigenvalue weighted by molar-refractivity contribution is 0.155. The highest BCUT2D eigenvalue weighted by Crippen LogP contribution is 2.33. The fourth-order valence-electron chi connectivity index (χ4n) is 4.97. The Labute approximate surface area is 217 Å². The summed E-state index contributed by atoms with van der Waals surface area (Å²) in [4.78, 5) is 20.6. The number of aliphatic hydroxyl groups excluding tert-OH is 1. The van der Waals surface area contributed by atoms with Crippen molar-refractivity contribution in [2.75, 3.05) is 19.8 Å². The van der Waals surface area contributed by atoms with Crippen LogP contribution in [0.4, 0.5) is 0 Å². The third-order valence-corrected chi connectivity index (χ3v) is 8.84. The first-order chi connectivity index (χ1) is 17.8. The maximum Gasteiger partial charge on any atom is 0.277 e. The molecule has 10 nitrogen and oxygen atoms in total. The molecular formula is C26H37N5O5S. The van der Waals surface area contributed by atoms with Crippen LogP contribution in [0.3, 0.4) is 0 Å². The lowest BCUT2D eigenvalue weighted by atomic mass is 10.1. The molecule has 1 fully saturated rings. The Morgan fingerprint density at radius 2 is 2.00 bits per heavy atom. The Kier molecular flexibility index (Phi) is 8.66. The number of hydrogen-bond donors (Lipinski definition) is 2. The van der Waals surface area contributed by atoms with E-state index in [2.05, 4.69) is 16.9 Å². The van der Waals surface area contributed by atoms with Crippen molar-refractivity contribution in [2.45, 2.75) is 83.1 Å². The molecule has 0 amide bonds. The van der Waals surface area contributed by atoms with E-state index in [9.17, 15) is 18.3 Å². The molecule has 0 saturated carbocycles. The summed E-state index contributed by atoms with van der Waals surface area (Å²) in [5, 5.41) is 14.5. The quantitative estimate of drug-likeness (QED) is 0.363. The molecule has 37 heavy (non-hydrogen) atoms. The van der Waals surface area contributed by atoms with Crippen molar-refractivity contribution in [1.29, 1.82) is 0 Å². The second-order valence-corrected chi connectivity index (χ2v) is 11.4. The molecule has 1 atom stereocenters. The van der Waals surface area contributed by atoms with Gasteiger partial charge in [-0.15, -0.1) is 5.10 Å². The molecule has 1 aliphatic rings. The van der Waals surface area contributed by atoms with E-state index in [1.54, 1.807) is 17.5 Å². The number of aryl methyl sites for hydroxylation is 2. The maximum absolute atomic E-state index is 13.6. The summed E-state index contributed by atoms with van der Waals surface area (Å²) in [7, 11) is -3.88. The van der Waals surface area contributed by atoms with Crippen molar-refractivity contribution in [3.05, 3.63) is 40.1 Å². The summed E-state index contributed by atoms with van der Waals surface area (Å²) < 4.78 is 35.9. The van der Waals surface area contributed by atoms with Gasteiger partial charge in [0, 0.05) is 19.0 Å². The van der Waals surface area contributed by atoms with E-state index in [1.807, 2.05) is 6.92 Å². The molecule has 0 spiro atoms. The van der Waals surface area contributed by atoms with E-state index in [1.165, 1.54) is 16.4 Å². The van der Waals surface area contributed by atoms with Gasteiger partial charge in [-0.1, -0.05) is 32.6 Å². The molecule has 3 aromatic rings. The van der Waals surface area contributed by atoms with Gasteiger partial charge >= 0.3 is 0 Å². The second-order valence-electron chi connectivity index (χ2n) is 9.53. The smallest absolute Gasteiger partial charge is 0.277 e. The van der Waals surface area contributed by atoms with Crippen LogP contribution >= 0.6 is 0 Å². The van der Waals surface area contributed by atoms with Gasteiger partial charge in [0.1, 0.15) is 11.6 Å². The number of piperidine rings is 1. The highest BCUT2D eigenvalue weighted by molar-refractivity contribution is 7.89. The summed E-state index contributed by atoms with van der Waals surface area (Å²) in [5.74, 6) is 1.34.